The van der Waals surface area contributed by atoms with Crippen LogP contribution in [0.2, 0.25) is 0 Å². The van der Waals surface area contributed by atoms with E-state index in [1.165, 1.54) is 32.4 Å². The molecule has 0 spiro atoms. The lowest BCUT2D eigenvalue weighted by molar-refractivity contribution is 0.0238. The van der Waals surface area contributed by atoms with Gasteiger partial charge in [-0.25, -0.2) is 0 Å². The van der Waals surface area contributed by atoms with Crippen LogP contribution in [0.15, 0.2) is 11.6 Å². The summed E-state index contributed by atoms with van der Waals surface area (Å²) < 4.78 is 5.53. The van der Waals surface area contributed by atoms with Crippen molar-refractivity contribution < 1.29 is 4.74 Å². The third-order valence-electron chi connectivity index (χ3n) is 4.93. The summed E-state index contributed by atoms with van der Waals surface area (Å²) in [5.41, 5.74) is 2.33. The molecule has 2 heterocycles. The molecule has 0 saturated carbocycles. The number of ether oxygens (including phenoxy) is 1. The van der Waals surface area contributed by atoms with Crippen molar-refractivity contribution >= 4 is 0 Å². The summed E-state index contributed by atoms with van der Waals surface area (Å²) in [6, 6.07) is 0. The zero-order valence-electron chi connectivity index (χ0n) is 13.8. The van der Waals surface area contributed by atoms with Crippen LogP contribution in [-0.2, 0) is 4.74 Å². The third kappa shape index (κ3) is 4.06. The fourth-order valence-corrected chi connectivity index (χ4v) is 3.62. The normalized spacial score (nSPS) is 24.5. The van der Waals surface area contributed by atoms with Gasteiger partial charge in [0.2, 0.25) is 0 Å². The smallest absolute Gasteiger partial charge is 0.0531 e. The van der Waals surface area contributed by atoms with E-state index in [1.807, 2.05) is 7.11 Å². The molecule has 1 fully saturated rings. The number of nitrogens with zero attached hydrogens (tertiary/aromatic N) is 1. The van der Waals surface area contributed by atoms with E-state index in [4.69, 9.17) is 4.74 Å². The molecule has 0 aromatic carbocycles. The SMILES string of the molecule is COCC1(CN2CC=C(C(C)(C)C)CC2)CCNCC1. The first kappa shape index (κ1) is 16.0. The van der Waals surface area contributed by atoms with Crippen LogP contribution in [0, 0.1) is 10.8 Å². The number of rotatable bonds is 4. The van der Waals surface area contributed by atoms with Crippen molar-refractivity contribution in [3.05, 3.63) is 11.6 Å². The number of methoxy groups -OCH3 is 1. The number of hydrogen-bond donors (Lipinski definition) is 1. The fraction of sp³-hybridized carbons (Fsp3) is 0.882. The number of hydrogen-bond acceptors (Lipinski definition) is 3. The van der Waals surface area contributed by atoms with Gasteiger partial charge >= 0.3 is 0 Å². The Hall–Kier alpha value is -0.380. The summed E-state index contributed by atoms with van der Waals surface area (Å²) in [7, 11) is 1.84. The molecule has 2 rings (SSSR count). The minimum Gasteiger partial charge on any atom is -0.384 e. The molecule has 0 radical (unpaired) electrons. The average Bonchev–Trinajstić information content (AvgIpc) is 2.39. The number of piperidine rings is 1. The standard InChI is InChI=1S/C17H32N2O/c1-16(2,3)15-5-11-19(12-6-15)13-17(14-20-4)7-9-18-10-8-17/h5,18H,6-14H2,1-4H3. The lowest BCUT2D eigenvalue weighted by atomic mass is 9.78. The van der Waals surface area contributed by atoms with Gasteiger partial charge in [0.15, 0.2) is 0 Å². The average molecular weight is 280 g/mol. The maximum atomic E-state index is 5.53. The highest BCUT2D eigenvalue weighted by atomic mass is 16.5. The molecule has 116 valence electrons. The van der Waals surface area contributed by atoms with E-state index in [-0.39, 0.29) is 0 Å². The lowest BCUT2D eigenvalue weighted by Gasteiger charge is -2.42. The van der Waals surface area contributed by atoms with Gasteiger partial charge in [-0.2, -0.15) is 0 Å². The molecule has 0 unspecified atom stereocenters. The van der Waals surface area contributed by atoms with Crippen molar-refractivity contribution in [2.45, 2.75) is 40.0 Å². The van der Waals surface area contributed by atoms with Gasteiger partial charge in [0.1, 0.15) is 0 Å². The minimum atomic E-state index is 0.338. The Morgan fingerprint density at radius 2 is 2.00 bits per heavy atom. The molecule has 0 aliphatic carbocycles. The van der Waals surface area contributed by atoms with Gasteiger partial charge < -0.3 is 10.1 Å². The lowest BCUT2D eigenvalue weighted by Crippen LogP contribution is -2.48. The van der Waals surface area contributed by atoms with Crippen LogP contribution in [0.25, 0.3) is 0 Å². The Bertz CT molecular complexity index is 332. The Kier molecular flexibility index (Phi) is 5.27. The Balaban J connectivity index is 1.94. The summed E-state index contributed by atoms with van der Waals surface area (Å²) in [6.45, 7) is 13.7. The molecule has 20 heavy (non-hydrogen) atoms. The summed E-state index contributed by atoms with van der Waals surface area (Å²) >= 11 is 0. The summed E-state index contributed by atoms with van der Waals surface area (Å²) in [5.74, 6) is 0. The quantitative estimate of drug-likeness (QED) is 0.801. The highest BCUT2D eigenvalue weighted by Gasteiger charge is 2.34. The van der Waals surface area contributed by atoms with Crippen molar-refractivity contribution in [3.8, 4) is 0 Å². The first-order chi connectivity index (χ1) is 9.45. The van der Waals surface area contributed by atoms with Gasteiger partial charge in [-0.3, -0.25) is 4.90 Å². The molecule has 0 bridgehead atoms. The second-order valence-corrected chi connectivity index (χ2v) is 7.65. The molecule has 0 aromatic rings. The predicted octanol–water partition coefficient (Wildman–Crippen LogP) is 2.68. The van der Waals surface area contributed by atoms with Crippen LogP contribution in [0.5, 0.6) is 0 Å². The van der Waals surface area contributed by atoms with Gasteiger partial charge in [0, 0.05) is 32.2 Å². The van der Waals surface area contributed by atoms with Crippen LogP contribution < -0.4 is 5.32 Å². The van der Waals surface area contributed by atoms with E-state index in [9.17, 15) is 0 Å². The van der Waals surface area contributed by atoms with Crippen molar-refractivity contribution in [3.63, 3.8) is 0 Å². The molecular formula is C17H32N2O. The molecule has 2 aliphatic rings. The largest absolute Gasteiger partial charge is 0.384 e. The van der Waals surface area contributed by atoms with Gasteiger partial charge in [-0.15, -0.1) is 0 Å². The Labute approximate surface area is 124 Å². The van der Waals surface area contributed by atoms with Crippen LogP contribution in [0.4, 0.5) is 0 Å². The second-order valence-electron chi connectivity index (χ2n) is 7.65. The molecule has 3 nitrogen and oxygen atoms in total. The first-order valence-electron chi connectivity index (χ1n) is 8.07. The van der Waals surface area contributed by atoms with Crippen LogP contribution >= 0.6 is 0 Å². The topological polar surface area (TPSA) is 24.5 Å². The summed E-state index contributed by atoms with van der Waals surface area (Å²) in [5, 5.41) is 3.48. The van der Waals surface area contributed by atoms with E-state index in [1.54, 1.807) is 5.57 Å². The van der Waals surface area contributed by atoms with E-state index < -0.39 is 0 Å². The van der Waals surface area contributed by atoms with Crippen LogP contribution in [0.1, 0.15) is 40.0 Å². The second kappa shape index (κ2) is 6.59. The third-order valence-corrected chi connectivity index (χ3v) is 4.93. The molecule has 3 heteroatoms. The van der Waals surface area contributed by atoms with Gasteiger partial charge in [-0.1, -0.05) is 32.4 Å². The van der Waals surface area contributed by atoms with Crippen LogP contribution in [-0.4, -0.2) is 51.3 Å². The highest BCUT2D eigenvalue weighted by molar-refractivity contribution is 5.14. The monoisotopic (exact) mass is 280 g/mol. The maximum absolute atomic E-state index is 5.53. The number of nitrogens with one attached hydrogen (secondary N) is 1. The first-order valence-corrected chi connectivity index (χ1v) is 8.07. The van der Waals surface area contributed by atoms with E-state index in [0.717, 1.165) is 26.2 Å². The van der Waals surface area contributed by atoms with Crippen LogP contribution in [0.3, 0.4) is 0 Å². The van der Waals surface area contributed by atoms with Gasteiger partial charge in [0.25, 0.3) is 0 Å². The van der Waals surface area contributed by atoms with E-state index in [0.29, 0.717) is 10.8 Å². The summed E-state index contributed by atoms with van der Waals surface area (Å²) in [4.78, 5) is 2.62. The molecule has 1 N–H and O–H groups in total. The molecule has 0 atom stereocenters. The minimum absolute atomic E-state index is 0.338. The molecular weight excluding hydrogens is 248 g/mol. The molecule has 1 saturated heterocycles. The molecule has 0 amide bonds. The Morgan fingerprint density at radius 3 is 2.50 bits per heavy atom. The van der Waals surface area contributed by atoms with Gasteiger partial charge in [-0.05, 0) is 37.8 Å². The van der Waals surface area contributed by atoms with Crippen molar-refractivity contribution in [1.29, 1.82) is 0 Å². The predicted molar refractivity (Wildman–Crippen MR) is 85.0 cm³/mol. The molecule has 0 aromatic heterocycles. The van der Waals surface area contributed by atoms with E-state index in [2.05, 4.69) is 37.1 Å². The summed E-state index contributed by atoms with van der Waals surface area (Å²) in [6.07, 6.45) is 6.18. The van der Waals surface area contributed by atoms with Crippen molar-refractivity contribution in [2.75, 3.05) is 46.4 Å². The maximum Gasteiger partial charge on any atom is 0.0531 e. The zero-order chi connectivity index (χ0) is 14.6. The zero-order valence-corrected chi connectivity index (χ0v) is 13.8. The van der Waals surface area contributed by atoms with Gasteiger partial charge in [0.05, 0.1) is 6.61 Å². The Morgan fingerprint density at radius 1 is 1.30 bits per heavy atom. The van der Waals surface area contributed by atoms with E-state index >= 15 is 0 Å². The van der Waals surface area contributed by atoms with Crippen molar-refractivity contribution in [1.82, 2.24) is 10.2 Å². The fourth-order valence-electron chi connectivity index (χ4n) is 3.62. The molecule has 2 aliphatic heterocycles. The van der Waals surface area contributed by atoms with Crippen molar-refractivity contribution in [2.24, 2.45) is 10.8 Å². The highest BCUT2D eigenvalue weighted by Crippen LogP contribution is 2.34.